The minimum Gasteiger partial charge on any atom is -0.384 e. The first kappa shape index (κ1) is 34.0. The molecule has 1 radical (unpaired) electrons. The van der Waals surface area contributed by atoms with Crippen LogP contribution in [-0.4, -0.2) is 41.7 Å². The van der Waals surface area contributed by atoms with Crippen LogP contribution in [0.5, 0.6) is 0 Å². The van der Waals surface area contributed by atoms with E-state index in [0.717, 1.165) is 32.2 Å². The number of methoxy groups -OCH3 is 2. The minimum absolute atomic E-state index is 0. The Labute approximate surface area is 231 Å². The molecule has 0 unspecified atom stereocenters. The maximum absolute atomic E-state index is 6.13. The fourth-order valence-corrected chi connectivity index (χ4v) is 8.21. The molecular weight excluding hydrogens is 553 g/mol. The first-order valence-electron chi connectivity index (χ1n) is 12.6. The van der Waals surface area contributed by atoms with Crippen molar-refractivity contribution in [2.75, 3.05) is 33.6 Å². The predicted molar refractivity (Wildman–Crippen MR) is 144 cm³/mol. The molecule has 3 fully saturated rings. The summed E-state index contributed by atoms with van der Waals surface area (Å²) in [7, 11) is 2.44. The van der Waals surface area contributed by atoms with Gasteiger partial charge in [-0.25, -0.2) is 0 Å². The zero-order valence-electron chi connectivity index (χ0n) is 21.6. The molecule has 187 valence electrons. The van der Waals surface area contributed by atoms with Crippen molar-refractivity contribution < 1.29 is 35.7 Å². The van der Waals surface area contributed by atoms with Gasteiger partial charge in [0.25, 0.3) is 0 Å². The van der Waals surface area contributed by atoms with Crippen LogP contribution in [0.4, 0.5) is 0 Å². The molecule has 32 heavy (non-hydrogen) atoms. The molecular formula is C25H50Cl2O2PSiZr+2. The predicted octanol–water partition coefficient (Wildman–Crippen LogP) is 9.45. The third kappa shape index (κ3) is 15.9. The fourth-order valence-electron chi connectivity index (χ4n) is 5.36. The van der Waals surface area contributed by atoms with Gasteiger partial charge in [0, 0.05) is 19.6 Å². The van der Waals surface area contributed by atoms with Gasteiger partial charge in [-0.2, -0.15) is 6.42 Å². The molecule has 3 rings (SSSR count). The van der Waals surface area contributed by atoms with Crippen LogP contribution >= 0.6 is 29.1 Å². The Morgan fingerprint density at radius 1 is 0.781 bits per heavy atom. The van der Waals surface area contributed by atoms with Gasteiger partial charge < -0.3 is 15.5 Å². The van der Waals surface area contributed by atoms with Crippen molar-refractivity contribution in [1.29, 1.82) is 0 Å². The number of hydrogen-bond acceptors (Lipinski definition) is 2. The van der Waals surface area contributed by atoms with E-state index in [9.17, 15) is 0 Å². The molecule has 0 aromatic heterocycles. The van der Waals surface area contributed by atoms with Crippen molar-refractivity contribution in [3.05, 3.63) is 6.04 Å². The average Bonchev–Trinajstić information content (AvgIpc) is 3.45. The van der Waals surface area contributed by atoms with Crippen LogP contribution in [0.3, 0.4) is 0 Å². The Morgan fingerprint density at radius 2 is 1.16 bits per heavy atom. The summed E-state index contributed by atoms with van der Waals surface area (Å²) in [5, 5.41) is 0. The van der Waals surface area contributed by atoms with E-state index in [4.69, 9.17) is 32.0 Å². The van der Waals surface area contributed by atoms with Crippen molar-refractivity contribution in [1.82, 2.24) is 0 Å². The molecule has 3 aliphatic rings. The van der Waals surface area contributed by atoms with Gasteiger partial charge in [-0.15, -0.1) is 8.07 Å². The maximum atomic E-state index is 6.13. The first-order valence-corrected chi connectivity index (χ1v) is 19.5. The van der Waals surface area contributed by atoms with Crippen LogP contribution in [0.25, 0.3) is 0 Å². The van der Waals surface area contributed by atoms with Gasteiger partial charge in [0.1, 0.15) is 0 Å². The van der Waals surface area contributed by atoms with E-state index in [1.807, 2.05) is 0 Å². The Bertz CT molecular complexity index is 413. The molecule has 0 aromatic rings. The first-order chi connectivity index (χ1) is 14.7. The van der Waals surface area contributed by atoms with Crippen LogP contribution in [-0.2, 0) is 35.7 Å². The number of rotatable bonds is 9. The minimum atomic E-state index is -1.13. The topological polar surface area (TPSA) is 18.5 Å². The average molecular weight is 604 g/mol. The second-order valence-electron chi connectivity index (χ2n) is 11.1. The molecule has 0 amide bonds. The van der Waals surface area contributed by atoms with Crippen molar-refractivity contribution in [3.63, 3.8) is 0 Å². The molecule has 2 nitrogen and oxygen atoms in total. The van der Waals surface area contributed by atoms with Gasteiger partial charge in [-0.1, -0.05) is 112 Å². The SMILES string of the molecule is C1CCCC1.C1CCCC1.COCC1(COC)C[C@H](C[CH-][Si](C)(C)C)[C@@H](CP(Cl)Cl)C1.[Zr+3]. The summed E-state index contributed by atoms with van der Waals surface area (Å²) in [6, 6.07) is 2.57. The molecule has 2 atom stereocenters. The van der Waals surface area contributed by atoms with Crippen LogP contribution in [0.2, 0.25) is 19.6 Å². The van der Waals surface area contributed by atoms with Crippen LogP contribution in [0.1, 0.15) is 83.5 Å². The van der Waals surface area contributed by atoms with E-state index in [2.05, 4.69) is 25.7 Å². The summed E-state index contributed by atoms with van der Waals surface area (Å²) in [6.07, 6.45) is 19.4. The molecule has 3 saturated carbocycles. The maximum Gasteiger partial charge on any atom is 3.00 e. The summed E-state index contributed by atoms with van der Waals surface area (Å²) in [6.45, 7) is 7.84. The molecule has 0 aliphatic heterocycles. The number of halogens is 2. The van der Waals surface area contributed by atoms with Crippen LogP contribution in [0.15, 0.2) is 0 Å². The molecule has 0 N–H and O–H groups in total. The number of ether oxygens (including phenoxy) is 2. The Kier molecular flexibility index (Phi) is 20.4. The zero-order valence-corrected chi connectivity index (χ0v) is 27.4. The standard InChI is InChI=1S/C15H30Cl2O2PSi.2C5H10.Zr/c1-18-11-15(12-19-2)8-13(6-7-21(3,4)5)14(9-15)10-20(16)17;2*1-2-4-5-3-1;/h7,13-14H,6,8-12H2,1-5H3;2*1-5H2;/q-1;;;+3/t13-,14+;;;/m0.../s1. The van der Waals surface area contributed by atoms with E-state index in [-0.39, 0.29) is 31.6 Å². The van der Waals surface area contributed by atoms with Crippen LogP contribution < -0.4 is 0 Å². The van der Waals surface area contributed by atoms with E-state index < -0.39 is 14.7 Å². The Balaban J connectivity index is 0.000000707. The molecule has 0 heterocycles. The fraction of sp³-hybridized carbons (Fsp3) is 0.960. The smallest absolute Gasteiger partial charge is 0.384 e. The monoisotopic (exact) mass is 601 g/mol. The zero-order chi connectivity index (χ0) is 23.2. The van der Waals surface area contributed by atoms with Gasteiger partial charge in [0.15, 0.2) is 0 Å². The summed E-state index contributed by atoms with van der Waals surface area (Å²) >= 11 is 12.3. The normalized spacial score (nSPS) is 24.4. The van der Waals surface area contributed by atoms with Crippen molar-refractivity contribution in [2.45, 2.75) is 103 Å². The second-order valence-corrected chi connectivity index (χ2v) is 20.2. The van der Waals surface area contributed by atoms with Gasteiger partial charge >= 0.3 is 26.2 Å². The number of hydrogen-bond donors (Lipinski definition) is 0. The van der Waals surface area contributed by atoms with E-state index in [1.165, 1.54) is 70.6 Å². The summed E-state index contributed by atoms with van der Waals surface area (Å²) < 4.78 is 11.0. The molecule has 0 saturated heterocycles. The van der Waals surface area contributed by atoms with Gasteiger partial charge in [-0.3, -0.25) is 0 Å². The van der Waals surface area contributed by atoms with Gasteiger partial charge in [0.2, 0.25) is 0 Å². The van der Waals surface area contributed by atoms with E-state index in [1.54, 1.807) is 14.2 Å². The van der Waals surface area contributed by atoms with Crippen molar-refractivity contribution >= 4 is 37.2 Å². The molecule has 3 aliphatic carbocycles. The third-order valence-electron chi connectivity index (χ3n) is 6.86. The van der Waals surface area contributed by atoms with E-state index in [0.29, 0.717) is 11.8 Å². The van der Waals surface area contributed by atoms with Crippen LogP contribution in [0, 0.1) is 23.3 Å². The molecule has 0 spiro atoms. The second kappa shape index (κ2) is 19.2. The van der Waals surface area contributed by atoms with E-state index >= 15 is 0 Å². The summed E-state index contributed by atoms with van der Waals surface area (Å²) in [5.41, 5.74) is 0.144. The third-order valence-corrected chi connectivity index (χ3v) is 9.90. The molecule has 7 heteroatoms. The Hall–Kier alpha value is 2.03. The Morgan fingerprint density at radius 3 is 1.47 bits per heavy atom. The van der Waals surface area contributed by atoms with Crippen molar-refractivity contribution in [3.8, 4) is 0 Å². The summed E-state index contributed by atoms with van der Waals surface area (Å²) in [5.74, 6) is 1.27. The van der Waals surface area contributed by atoms with Gasteiger partial charge in [0.05, 0.1) is 19.8 Å². The summed E-state index contributed by atoms with van der Waals surface area (Å²) in [4.78, 5) is 0. The van der Waals surface area contributed by atoms with Crippen molar-refractivity contribution in [2.24, 2.45) is 17.3 Å². The van der Waals surface area contributed by atoms with Gasteiger partial charge in [-0.05, 0) is 24.9 Å². The molecule has 0 aromatic carbocycles. The molecule has 0 bridgehead atoms. The largest absolute Gasteiger partial charge is 3.00 e. The quantitative estimate of drug-likeness (QED) is 0.148.